The molecule has 1 fully saturated rings. The van der Waals surface area contributed by atoms with Crippen molar-refractivity contribution in [1.29, 1.82) is 0 Å². The first-order valence-corrected chi connectivity index (χ1v) is 11.4. The van der Waals surface area contributed by atoms with E-state index in [9.17, 15) is 13.2 Å². The molecule has 2 heterocycles. The monoisotopic (exact) mass is 418 g/mol. The second-order valence-electron chi connectivity index (χ2n) is 7.69. The van der Waals surface area contributed by atoms with Gasteiger partial charge >= 0.3 is 0 Å². The van der Waals surface area contributed by atoms with Gasteiger partial charge in [-0.1, -0.05) is 0 Å². The van der Waals surface area contributed by atoms with Crippen LogP contribution in [0.4, 0.5) is 5.82 Å². The normalized spacial score (nSPS) is 15.7. The highest BCUT2D eigenvalue weighted by Gasteiger charge is 2.33. The highest BCUT2D eigenvalue weighted by Crippen LogP contribution is 2.32. The fourth-order valence-electron chi connectivity index (χ4n) is 4.02. The molecule has 1 aromatic carbocycles. The fourth-order valence-corrected chi connectivity index (χ4v) is 6.01. The zero-order chi connectivity index (χ0) is 21.5. The number of piperazine rings is 1. The van der Waals surface area contributed by atoms with E-state index in [4.69, 9.17) is 0 Å². The Labute approximate surface area is 173 Å². The van der Waals surface area contributed by atoms with Crippen LogP contribution in [0.2, 0.25) is 0 Å². The second-order valence-corrected chi connectivity index (χ2v) is 9.56. The summed E-state index contributed by atoms with van der Waals surface area (Å²) in [5.74, 6) is 0.390. The van der Waals surface area contributed by atoms with Crippen molar-refractivity contribution in [2.24, 2.45) is 0 Å². The van der Waals surface area contributed by atoms with Gasteiger partial charge in [0.2, 0.25) is 10.0 Å². The fraction of sp³-hybridized carbons (Fsp3) is 0.524. The zero-order valence-corrected chi connectivity index (χ0v) is 18.9. The van der Waals surface area contributed by atoms with Gasteiger partial charge in [-0.05, 0) is 69.4 Å². The predicted octanol–water partition coefficient (Wildman–Crippen LogP) is 2.32. The first kappa shape index (κ1) is 21.5. The predicted molar refractivity (Wildman–Crippen MR) is 115 cm³/mol. The molecule has 0 saturated carbocycles. The van der Waals surface area contributed by atoms with E-state index in [0.717, 1.165) is 27.8 Å². The molecule has 0 aliphatic carbocycles. The van der Waals surface area contributed by atoms with E-state index in [0.29, 0.717) is 43.4 Å². The van der Waals surface area contributed by atoms with Gasteiger partial charge in [-0.3, -0.25) is 4.79 Å². The number of benzene rings is 1. The topological polar surface area (TPSA) is 75.5 Å². The lowest BCUT2D eigenvalue weighted by Gasteiger charge is -2.35. The van der Waals surface area contributed by atoms with Crippen LogP contribution in [0.25, 0.3) is 0 Å². The van der Waals surface area contributed by atoms with Gasteiger partial charge < -0.3 is 9.47 Å². The quantitative estimate of drug-likeness (QED) is 0.762. The van der Waals surface area contributed by atoms with Crippen molar-refractivity contribution in [3.05, 3.63) is 50.6 Å². The molecule has 0 bridgehead atoms. The summed E-state index contributed by atoms with van der Waals surface area (Å²) in [5, 5.41) is 0. The zero-order valence-electron chi connectivity index (χ0n) is 18.1. The summed E-state index contributed by atoms with van der Waals surface area (Å²) in [6, 6.07) is 0. The number of anilines is 1. The van der Waals surface area contributed by atoms with Crippen molar-refractivity contribution in [3.63, 3.8) is 0 Å². The second kappa shape index (κ2) is 7.91. The molecule has 3 rings (SSSR count). The van der Waals surface area contributed by atoms with Crippen molar-refractivity contribution in [3.8, 4) is 0 Å². The van der Waals surface area contributed by atoms with Gasteiger partial charge in [0, 0.05) is 45.1 Å². The molecule has 1 saturated heterocycles. The molecule has 158 valence electrons. The highest BCUT2D eigenvalue weighted by atomic mass is 32.2. The van der Waals surface area contributed by atoms with Crippen molar-refractivity contribution in [1.82, 2.24) is 13.9 Å². The smallest absolute Gasteiger partial charge is 0.293 e. The van der Waals surface area contributed by atoms with Gasteiger partial charge in [0.05, 0.1) is 4.90 Å². The van der Waals surface area contributed by atoms with E-state index in [2.05, 4.69) is 4.98 Å². The molecule has 7 nitrogen and oxygen atoms in total. The Bertz CT molecular complexity index is 1070. The van der Waals surface area contributed by atoms with E-state index >= 15 is 0 Å². The minimum Gasteiger partial charge on any atom is -0.349 e. The summed E-state index contributed by atoms with van der Waals surface area (Å²) in [5.41, 5.74) is 4.71. The molecule has 0 unspecified atom stereocenters. The molecule has 0 N–H and O–H groups in total. The Morgan fingerprint density at radius 3 is 1.93 bits per heavy atom. The Morgan fingerprint density at radius 2 is 1.41 bits per heavy atom. The van der Waals surface area contributed by atoms with E-state index < -0.39 is 10.0 Å². The lowest BCUT2D eigenvalue weighted by molar-refractivity contribution is 0.382. The van der Waals surface area contributed by atoms with Crippen LogP contribution >= 0.6 is 0 Å². The number of rotatable bonds is 4. The van der Waals surface area contributed by atoms with Gasteiger partial charge in [0.25, 0.3) is 5.56 Å². The van der Waals surface area contributed by atoms with Crippen molar-refractivity contribution >= 4 is 15.8 Å². The molecule has 8 heteroatoms. The number of aromatic nitrogens is 2. The summed E-state index contributed by atoms with van der Waals surface area (Å²) >= 11 is 0. The molecule has 0 amide bonds. The summed E-state index contributed by atoms with van der Waals surface area (Å²) in [4.78, 5) is 19.1. The maximum atomic E-state index is 13.5. The summed E-state index contributed by atoms with van der Waals surface area (Å²) in [6.45, 7) is 13.8. The molecular weight excluding hydrogens is 388 g/mol. The van der Waals surface area contributed by atoms with Crippen LogP contribution < -0.4 is 10.5 Å². The van der Waals surface area contributed by atoms with Crippen molar-refractivity contribution in [2.75, 3.05) is 31.1 Å². The highest BCUT2D eigenvalue weighted by molar-refractivity contribution is 7.89. The Kier molecular flexibility index (Phi) is 5.87. The molecule has 1 aliphatic rings. The van der Waals surface area contributed by atoms with Gasteiger partial charge in [0.15, 0.2) is 5.82 Å². The van der Waals surface area contributed by atoms with Crippen LogP contribution in [0.5, 0.6) is 0 Å². The van der Waals surface area contributed by atoms with E-state index in [1.807, 2.05) is 46.4 Å². The Hall–Kier alpha value is -2.19. The molecule has 0 atom stereocenters. The minimum atomic E-state index is -3.61. The largest absolute Gasteiger partial charge is 0.349 e. The third kappa shape index (κ3) is 3.59. The third-order valence-electron chi connectivity index (χ3n) is 6.30. The number of aryl methyl sites for hydroxylation is 1. The van der Waals surface area contributed by atoms with Crippen LogP contribution in [-0.2, 0) is 16.6 Å². The first-order valence-electron chi connectivity index (χ1n) is 9.98. The standard InChI is InChI=1S/C21H30N4O3S/c1-7-23-9-8-22-20(21(23)26)24-10-12-25(13-11-24)29(27,28)19-17(5)15(3)14(2)16(4)18(19)6/h8-9H,7,10-13H2,1-6H3. The van der Waals surface area contributed by atoms with Crippen LogP contribution in [-0.4, -0.2) is 48.5 Å². The van der Waals surface area contributed by atoms with Crippen LogP contribution in [0.15, 0.2) is 22.1 Å². The Balaban J connectivity index is 1.89. The SMILES string of the molecule is CCn1ccnc(N2CCN(S(=O)(=O)c3c(C)c(C)c(C)c(C)c3C)CC2)c1=O. The third-order valence-corrected chi connectivity index (χ3v) is 8.48. The maximum Gasteiger partial charge on any atom is 0.293 e. The van der Waals surface area contributed by atoms with Gasteiger partial charge in [-0.2, -0.15) is 4.31 Å². The summed E-state index contributed by atoms with van der Waals surface area (Å²) in [6.07, 6.45) is 3.29. The van der Waals surface area contributed by atoms with Crippen LogP contribution in [0.1, 0.15) is 34.7 Å². The number of hydrogen-bond donors (Lipinski definition) is 0. The average Bonchev–Trinajstić information content (AvgIpc) is 2.71. The van der Waals surface area contributed by atoms with Crippen molar-refractivity contribution < 1.29 is 8.42 Å². The lowest BCUT2D eigenvalue weighted by atomic mass is 9.95. The van der Waals surface area contributed by atoms with E-state index in [1.54, 1.807) is 17.0 Å². The van der Waals surface area contributed by atoms with Gasteiger partial charge in [0.1, 0.15) is 0 Å². The number of nitrogens with zero attached hydrogens (tertiary/aromatic N) is 4. The van der Waals surface area contributed by atoms with Gasteiger partial charge in [-0.25, -0.2) is 13.4 Å². The first-order chi connectivity index (χ1) is 13.6. The minimum absolute atomic E-state index is 0.136. The van der Waals surface area contributed by atoms with E-state index in [1.165, 1.54) is 4.31 Å². The molecule has 1 aliphatic heterocycles. The molecule has 1 aromatic heterocycles. The van der Waals surface area contributed by atoms with Crippen LogP contribution in [0.3, 0.4) is 0 Å². The van der Waals surface area contributed by atoms with E-state index in [-0.39, 0.29) is 5.56 Å². The molecule has 2 aromatic rings. The molecule has 29 heavy (non-hydrogen) atoms. The Morgan fingerprint density at radius 1 is 0.897 bits per heavy atom. The number of sulfonamides is 1. The lowest BCUT2D eigenvalue weighted by Crippen LogP contribution is -2.50. The maximum absolute atomic E-state index is 13.5. The molecule has 0 spiro atoms. The molecule has 0 radical (unpaired) electrons. The average molecular weight is 419 g/mol. The summed E-state index contributed by atoms with van der Waals surface area (Å²) in [7, 11) is -3.61. The summed E-state index contributed by atoms with van der Waals surface area (Å²) < 4.78 is 30.1. The number of hydrogen-bond acceptors (Lipinski definition) is 5. The van der Waals surface area contributed by atoms with Gasteiger partial charge in [-0.15, -0.1) is 0 Å². The van der Waals surface area contributed by atoms with Crippen molar-refractivity contribution in [2.45, 2.75) is 53.0 Å². The molecular formula is C21H30N4O3S. The van der Waals surface area contributed by atoms with Crippen LogP contribution in [0, 0.1) is 34.6 Å².